The molecule has 45 heavy (non-hydrogen) atoms. The van der Waals surface area contributed by atoms with Gasteiger partial charge >= 0.3 is 17.8 Å². The van der Waals surface area contributed by atoms with E-state index in [2.05, 4.69) is 21.2 Å². The molecule has 0 fully saturated rings. The molecule has 0 aliphatic heterocycles. The normalized spacial score (nSPS) is 10.8. The molecule has 0 saturated carbocycles. The van der Waals surface area contributed by atoms with E-state index in [0.717, 1.165) is 15.6 Å². The van der Waals surface area contributed by atoms with E-state index >= 15 is 0 Å². The number of hydrazone groups is 1. The molecule has 0 aliphatic rings. The molecule has 0 atom stereocenters. The Morgan fingerprint density at radius 2 is 1.58 bits per heavy atom. The molecule has 5 aromatic rings. The van der Waals surface area contributed by atoms with Crippen LogP contribution in [-0.2, 0) is 9.59 Å². The van der Waals surface area contributed by atoms with E-state index in [0.29, 0.717) is 16.3 Å². The Kier molecular flexibility index (Phi) is 9.51. The number of carbonyl (C=O) groups is 4. The number of anilines is 2. The van der Waals surface area contributed by atoms with Crippen molar-refractivity contribution < 1.29 is 28.7 Å². The number of aryl methyl sites for hydroxylation is 1. The first kappa shape index (κ1) is 30.9. The molecule has 0 unspecified atom stereocenters. The molecule has 3 amide bonds. The molecule has 0 aliphatic carbocycles. The molecule has 5 rings (SSSR count). The van der Waals surface area contributed by atoms with E-state index < -0.39 is 23.7 Å². The molecule has 0 saturated heterocycles. The topological polar surface area (TPSA) is 135 Å². The van der Waals surface area contributed by atoms with Gasteiger partial charge < -0.3 is 20.1 Å². The van der Waals surface area contributed by atoms with Gasteiger partial charge in [-0.2, -0.15) is 5.10 Å². The van der Waals surface area contributed by atoms with Crippen LogP contribution in [0.15, 0.2) is 96.1 Å². The third-order valence-electron chi connectivity index (χ3n) is 6.43. The van der Waals surface area contributed by atoms with Crippen molar-refractivity contribution in [3.63, 3.8) is 0 Å². The first-order chi connectivity index (χ1) is 21.7. The number of halogens is 1. The van der Waals surface area contributed by atoms with Crippen molar-refractivity contribution in [2.45, 2.75) is 6.92 Å². The fourth-order valence-corrected chi connectivity index (χ4v) is 5.55. The third kappa shape index (κ3) is 7.35. The van der Waals surface area contributed by atoms with Crippen LogP contribution in [0.5, 0.6) is 11.5 Å². The average Bonchev–Trinajstić information content (AvgIpc) is 3.39. The zero-order chi connectivity index (χ0) is 31.9. The maximum atomic E-state index is 12.9. The van der Waals surface area contributed by atoms with Crippen LogP contribution in [-0.4, -0.2) is 37.0 Å². The van der Waals surface area contributed by atoms with Gasteiger partial charge in [-0.25, -0.2) is 10.2 Å². The van der Waals surface area contributed by atoms with Gasteiger partial charge in [-0.15, -0.1) is 11.3 Å². The highest BCUT2D eigenvalue weighted by Gasteiger charge is 2.21. The zero-order valence-electron chi connectivity index (χ0n) is 23.9. The number of hydrogen-bond donors (Lipinski definition) is 3. The lowest BCUT2D eigenvalue weighted by atomic mass is 10.1. The number of para-hydroxylation sites is 1. The Balaban J connectivity index is 1.20. The monoisotopic (exact) mass is 640 g/mol. The summed E-state index contributed by atoms with van der Waals surface area (Å²) in [5, 5.41) is 10.1. The SMILES string of the molecule is COc1cc(C=NNC(=O)C(=O)Nc2ccccc2C(=O)Nc2ccc(C)cc2)ccc1OC(=O)c1sc2ccccc2c1Cl. The van der Waals surface area contributed by atoms with Crippen LogP contribution in [0.2, 0.25) is 5.02 Å². The quantitative estimate of drug-likeness (QED) is 0.0588. The summed E-state index contributed by atoms with van der Waals surface area (Å²) >= 11 is 7.63. The van der Waals surface area contributed by atoms with Crippen molar-refractivity contribution in [2.24, 2.45) is 5.10 Å². The van der Waals surface area contributed by atoms with Gasteiger partial charge in [-0.1, -0.05) is 59.6 Å². The molecule has 0 spiro atoms. The van der Waals surface area contributed by atoms with Crippen LogP contribution in [0.25, 0.3) is 10.1 Å². The number of nitrogens with zero attached hydrogens (tertiary/aromatic N) is 1. The average molecular weight is 641 g/mol. The van der Waals surface area contributed by atoms with Crippen LogP contribution in [0.4, 0.5) is 11.4 Å². The summed E-state index contributed by atoms with van der Waals surface area (Å²) < 4.78 is 11.8. The number of rotatable bonds is 8. The largest absolute Gasteiger partial charge is 0.493 e. The van der Waals surface area contributed by atoms with Gasteiger partial charge in [0.1, 0.15) is 4.88 Å². The molecule has 0 radical (unpaired) electrons. The minimum Gasteiger partial charge on any atom is -0.493 e. The first-order valence-electron chi connectivity index (χ1n) is 13.4. The summed E-state index contributed by atoms with van der Waals surface area (Å²) in [6.45, 7) is 1.93. The molecular weight excluding hydrogens is 616 g/mol. The van der Waals surface area contributed by atoms with Gasteiger partial charge in [0.05, 0.1) is 29.6 Å². The Hall–Kier alpha value is -5.52. The highest BCUT2D eigenvalue weighted by molar-refractivity contribution is 7.21. The molecule has 10 nitrogen and oxygen atoms in total. The lowest BCUT2D eigenvalue weighted by Crippen LogP contribution is -2.33. The van der Waals surface area contributed by atoms with Crippen LogP contribution < -0.4 is 25.5 Å². The van der Waals surface area contributed by atoms with Gasteiger partial charge in [-0.3, -0.25) is 14.4 Å². The minimum absolute atomic E-state index is 0.151. The molecular formula is C33H25ClN4O6S. The van der Waals surface area contributed by atoms with Gasteiger partial charge in [0.2, 0.25) is 0 Å². The first-order valence-corrected chi connectivity index (χ1v) is 14.6. The van der Waals surface area contributed by atoms with Crippen molar-refractivity contribution in [1.29, 1.82) is 0 Å². The van der Waals surface area contributed by atoms with Crippen LogP contribution in [0.1, 0.15) is 31.2 Å². The molecule has 226 valence electrons. The maximum Gasteiger partial charge on any atom is 0.355 e. The van der Waals surface area contributed by atoms with E-state index in [4.69, 9.17) is 21.1 Å². The number of hydrogen-bond acceptors (Lipinski definition) is 8. The van der Waals surface area contributed by atoms with Gasteiger partial charge in [0.25, 0.3) is 5.91 Å². The Morgan fingerprint density at radius 3 is 2.33 bits per heavy atom. The number of esters is 1. The molecule has 0 bridgehead atoms. The summed E-state index contributed by atoms with van der Waals surface area (Å²) in [7, 11) is 1.41. The lowest BCUT2D eigenvalue weighted by Gasteiger charge is -2.11. The molecule has 4 aromatic carbocycles. The van der Waals surface area contributed by atoms with Crippen molar-refractivity contribution in [1.82, 2.24) is 5.43 Å². The Morgan fingerprint density at radius 1 is 0.844 bits per heavy atom. The second kappa shape index (κ2) is 13.8. The highest BCUT2D eigenvalue weighted by atomic mass is 35.5. The fourth-order valence-electron chi connectivity index (χ4n) is 4.16. The van der Waals surface area contributed by atoms with E-state index in [-0.39, 0.29) is 27.6 Å². The fraction of sp³-hybridized carbons (Fsp3) is 0.0606. The number of ether oxygens (including phenoxy) is 2. The molecule has 1 heterocycles. The van der Waals surface area contributed by atoms with Gasteiger partial charge in [0, 0.05) is 15.8 Å². The van der Waals surface area contributed by atoms with Gasteiger partial charge in [-0.05, 0) is 61.0 Å². The Bertz CT molecular complexity index is 1960. The predicted octanol–water partition coefficient (Wildman–Crippen LogP) is 6.43. The predicted molar refractivity (Wildman–Crippen MR) is 175 cm³/mol. The smallest absolute Gasteiger partial charge is 0.355 e. The minimum atomic E-state index is -1.06. The molecule has 3 N–H and O–H groups in total. The summed E-state index contributed by atoms with van der Waals surface area (Å²) in [5.41, 5.74) is 4.58. The van der Waals surface area contributed by atoms with Crippen LogP contribution in [0.3, 0.4) is 0 Å². The van der Waals surface area contributed by atoms with E-state index in [1.807, 2.05) is 43.3 Å². The number of fused-ring (bicyclic) bond motifs is 1. The van der Waals surface area contributed by atoms with Crippen molar-refractivity contribution in [2.75, 3.05) is 17.7 Å². The zero-order valence-corrected chi connectivity index (χ0v) is 25.5. The van der Waals surface area contributed by atoms with Crippen molar-refractivity contribution in [3.8, 4) is 11.5 Å². The van der Waals surface area contributed by atoms with E-state index in [9.17, 15) is 19.2 Å². The summed E-state index contributed by atoms with van der Waals surface area (Å²) in [4.78, 5) is 51.0. The van der Waals surface area contributed by atoms with E-state index in [1.54, 1.807) is 30.3 Å². The van der Waals surface area contributed by atoms with Crippen molar-refractivity contribution >= 4 is 74.3 Å². The third-order valence-corrected chi connectivity index (χ3v) is 8.08. The van der Waals surface area contributed by atoms with E-state index in [1.165, 1.54) is 48.9 Å². The number of benzene rings is 4. The number of thiophene rings is 1. The second-order valence-corrected chi connectivity index (χ2v) is 11.0. The van der Waals surface area contributed by atoms with Crippen LogP contribution in [0, 0.1) is 6.92 Å². The van der Waals surface area contributed by atoms with Crippen LogP contribution >= 0.6 is 22.9 Å². The maximum absolute atomic E-state index is 12.9. The number of methoxy groups -OCH3 is 1. The number of carbonyl (C=O) groups excluding carboxylic acids is 4. The van der Waals surface area contributed by atoms with Crippen molar-refractivity contribution in [3.05, 3.63) is 118 Å². The number of amides is 3. The summed E-state index contributed by atoms with van der Waals surface area (Å²) in [6.07, 6.45) is 1.28. The molecule has 12 heteroatoms. The number of nitrogens with one attached hydrogen (secondary N) is 3. The molecule has 1 aromatic heterocycles. The van der Waals surface area contributed by atoms with Gasteiger partial charge in [0.15, 0.2) is 11.5 Å². The standard InChI is InChI=1S/C33H25ClN4O6S/c1-19-11-14-21(15-12-19)36-30(39)22-7-3-5-9-24(22)37-31(40)32(41)38-35-18-20-13-16-25(26(17-20)43-2)44-33(42)29-28(34)23-8-4-6-10-27(23)45-29/h3-18H,1-2H3,(H,36,39)(H,37,40)(H,38,41). The lowest BCUT2D eigenvalue weighted by molar-refractivity contribution is -0.136. The second-order valence-electron chi connectivity index (χ2n) is 9.56. The Labute approximate surface area is 266 Å². The highest BCUT2D eigenvalue weighted by Crippen LogP contribution is 2.37. The summed E-state index contributed by atoms with van der Waals surface area (Å²) in [5.74, 6) is -2.78. The summed E-state index contributed by atoms with van der Waals surface area (Å²) in [6, 6.07) is 25.6.